The highest BCUT2D eigenvalue weighted by Gasteiger charge is 2.30. The average Bonchev–Trinajstić information content (AvgIpc) is 2.75. The summed E-state index contributed by atoms with van der Waals surface area (Å²) in [6.45, 7) is 0. The Morgan fingerprint density at radius 3 is 1.71 bits per heavy atom. The van der Waals surface area contributed by atoms with Crippen LogP contribution in [0.3, 0.4) is 0 Å². The summed E-state index contributed by atoms with van der Waals surface area (Å²) in [6, 6.07) is 24.2. The molecule has 0 aliphatic carbocycles. The standard InChI is InChI=1S/C22H21NO4S/c1-23(28(25,26)20-15-13-19(14-16-20)22(24)27-2)21(17-9-5-3-6-10-17)18-11-7-4-8-12-18/h3-16,21H,1-2H3. The summed E-state index contributed by atoms with van der Waals surface area (Å²) in [6.07, 6.45) is 0. The van der Waals surface area contributed by atoms with Crippen LogP contribution in [0.1, 0.15) is 27.5 Å². The molecule has 0 aromatic heterocycles. The number of esters is 1. The van der Waals surface area contributed by atoms with E-state index in [0.29, 0.717) is 5.56 Å². The summed E-state index contributed by atoms with van der Waals surface area (Å²) >= 11 is 0. The van der Waals surface area contributed by atoms with Crippen LogP contribution in [0.2, 0.25) is 0 Å². The Morgan fingerprint density at radius 2 is 1.29 bits per heavy atom. The number of hydrogen-bond donors (Lipinski definition) is 0. The largest absolute Gasteiger partial charge is 0.465 e. The highest BCUT2D eigenvalue weighted by atomic mass is 32.2. The van der Waals surface area contributed by atoms with Crippen LogP contribution >= 0.6 is 0 Å². The Morgan fingerprint density at radius 1 is 0.821 bits per heavy atom. The molecule has 144 valence electrons. The molecule has 0 fully saturated rings. The van der Waals surface area contributed by atoms with Crippen molar-refractivity contribution < 1.29 is 17.9 Å². The third-order valence-corrected chi connectivity index (χ3v) is 6.38. The molecule has 5 nitrogen and oxygen atoms in total. The maximum absolute atomic E-state index is 13.3. The summed E-state index contributed by atoms with van der Waals surface area (Å²) in [5, 5.41) is 0. The number of carbonyl (C=O) groups is 1. The maximum Gasteiger partial charge on any atom is 0.337 e. The summed E-state index contributed by atoms with van der Waals surface area (Å²) in [5.74, 6) is -0.510. The van der Waals surface area contributed by atoms with Crippen LogP contribution in [-0.2, 0) is 14.8 Å². The van der Waals surface area contributed by atoms with Crippen molar-refractivity contribution in [3.63, 3.8) is 0 Å². The van der Waals surface area contributed by atoms with Crippen LogP contribution in [0.25, 0.3) is 0 Å². The van der Waals surface area contributed by atoms with Crippen molar-refractivity contribution in [2.24, 2.45) is 0 Å². The number of ether oxygens (including phenoxy) is 1. The van der Waals surface area contributed by atoms with E-state index in [9.17, 15) is 13.2 Å². The zero-order valence-corrected chi connectivity index (χ0v) is 16.5. The van der Waals surface area contributed by atoms with Crippen molar-refractivity contribution in [3.05, 3.63) is 102 Å². The summed E-state index contributed by atoms with van der Waals surface area (Å²) in [5.41, 5.74) is 2.03. The van der Waals surface area contributed by atoms with Gasteiger partial charge in [-0.15, -0.1) is 0 Å². The van der Waals surface area contributed by atoms with Gasteiger partial charge in [0.05, 0.1) is 23.6 Å². The van der Waals surface area contributed by atoms with E-state index in [1.807, 2.05) is 60.7 Å². The first-order valence-electron chi connectivity index (χ1n) is 8.71. The Kier molecular flexibility index (Phi) is 5.92. The van der Waals surface area contributed by atoms with Crippen molar-refractivity contribution in [1.82, 2.24) is 4.31 Å². The fourth-order valence-electron chi connectivity index (χ4n) is 3.07. The second-order valence-electron chi connectivity index (χ2n) is 6.26. The van der Waals surface area contributed by atoms with Crippen molar-refractivity contribution >= 4 is 16.0 Å². The van der Waals surface area contributed by atoms with Gasteiger partial charge in [0.15, 0.2) is 0 Å². The fraction of sp³-hybridized carbons (Fsp3) is 0.136. The first kappa shape index (κ1) is 19.8. The lowest BCUT2D eigenvalue weighted by Gasteiger charge is -2.28. The lowest BCUT2D eigenvalue weighted by Crippen LogP contribution is -2.32. The topological polar surface area (TPSA) is 63.7 Å². The van der Waals surface area contributed by atoms with Gasteiger partial charge in [-0.1, -0.05) is 60.7 Å². The molecule has 0 N–H and O–H groups in total. The van der Waals surface area contributed by atoms with Gasteiger partial charge in [-0.05, 0) is 35.4 Å². The number of methoxy groups -OCH3 is 1. The minimum atomic E-state index is -3.80. The van der Waals surface area contributed by atoms with E-state index >= 15 is 0 Å². The fourth-order valence-corrected chi connectivity index (χ4v) is 4.40. The van der Waals surface area contributed by atoms with Gasteiger partial charge in [-0.25, -0.2) is 13.2 Å². The minimum absolute atomic E-state index is 0.111. The molecule has 0 spiro atoms. The third kappa shape index (κ3) is 3.98. The van der Waals surface area contributed by atoms with Gasteiger partial charge >= 0.3 is 5.97 Å². The molecule has 0 heterocycles. The average molecular weight is 395 g/mol. The van der Waals surface area contributed by atoms with Gasteiger partial charge in [0.2, 0.25) is 10.0 Å². The van der Waals surface area contributed by atoms with Crippen LogP contribution in [0.4, 0.5) is 0 Å². The normalized spacial score (nSPS) is 11.6. The predicted molar refractivity (Wildman–Crippen MR) is 107 cm³/mol. The first-order chi connectivity index (χ1) is 13.4. The molecule has 0 atom stereocenters. The predicted octanol–water partition coefficient (Wildman–Crippen LogP) is 3.88. The number of nitrogens with zero attached hydrogens (tertiary/aromatic N) is 1. The van der Waals surface area contributed by atoms with Gasteiger partial charge in [-0.3, -0.25) is 0 Å². The van der Waals surface area contributed by atoms with Gasteiger partial charge in [-0.2, -0.15) is 4.31 Å². The first-order valence-corrected chi connectivity index (χ1v) is 10.2. The summed E-state index contributed by atoms with van der Waals surface area (Å²) in [7, 11) is -0.956. The van der Waals surface area contributed by atoms with Gasteiger partial charge in [0.1, 0.15) is 0 Å². The summed E-state index contributed by atoms with van der Waals surface area (Å²) in [4.78, 5) is 11.7. The minimum Gasteiger partial charge on any atom is -0.465 e. The van der Waals surface area contributed by atoms with Crippen molar-refractivity contribution in [2.75, 3.05) is 14.2 Å². The van der Waals surface area contributed by atoms with E-state index in [1.165, 1.54) is 35.7 Å². The highest BCUT2D eigenvalue weighted by molar-refractivity contribution is 7.89. The molecule has 0 amide bonds. The Bertz CT molecular complexity index is 993. The zero-order chi connectivity index (χ0) is 20.1. The molecule has 28 heavy (non-hydrogen) atoms. The summed E-state index contributed by atoms with van der Waals surface area (Å²) < 4.78 is 32.6. The Labute approximate surface area is 165 Å². The molecule has 6 heteroatoms. The third-order valence-electron chi connectivity index (χ3n) is 4.55. The number of sulfonamides is 1. The molecule has 0 saturated heterocycles. The van der Waals surface area contributed by atoms with Crippen LogP contribution in [0.15, 0.2) is 89.8 Å². The number of carbonyl (C=O) groups excluding carboxylic acids is 1. The monoisotopic (exact) mass is 395 g/mol. The number of rotatable bonds is 6. The van der Waals surface area contributed by atoms with E-state index in [1.54, 1.807) is 7.05 Å². The molecule has 0 unspecified atom stereocenters. The molecule has 0 radical (unpaired) electrons. The molecule has 0 aliphatic rings. The van der Waals surface area contributed by atoms with E-state index in [4.69, 9.17) is 0 Å². The van der Waals surface area contributed by atoms with Crippen molar-refractivity contribution in [2.45, 2.75) is 10.9 Å². The van der Waals surface area contributed by atoms with Gasteiger partial charge in [0, 0.05) is 7.05 Å². The van der Waals surface area contributed by atoms with Crippen LogP contribution in [0.5, 0.6) is 0 Å². The van der Waals surface area contributed by atoms with Gasteiger partial charge in [0.25, 0.3) is 0 Å². The lowest BCUT2D eigenvalue weighted by atomic mass is 9.99. The molecular weight excluding hydrogens is 374 g/mol. The maximum atomic E-state index is 13.3. The molecule has 3 aromatic rings. The van der Waals surface area contributed by atoms with Crippen molar-refractivity contribution in [1.29, 1.82) is 0 Å². The number of hydrogen-bond acceptors (Lipinski definition) is 4. The SMILES string of the molecule is COC(=O)c1ccc(S(=O)(=O)N(C)C(c2ccccc2)c2ccccc2)cc1. The Balaban J connectivity index is 2.02. The lowest BCUT2D eigenvalue weighted by molar-refractivity contribution is 0.0600. The van der Waals surface area contributed by atoms with Crippen LogP contribution in [-0.4, -0.2) is 32.8 Å². The molecule has 0 bridgehead atoms. The van der Waals surface area contributed by atoms with E-state index in [2.05, 4.69) is 4.74 Å². The van der Waals surface area contributed by atoms with Crippen molar-refractivity contribution in [3.8, 4) is 0 Å². The van der Waals surface area contributed by atoms with Crippen LogP contribution < -0.4 is 0 Å². The zero-order valence-electron chi connectivity index (χ0n) is 15.6. The van der Waals surface area contributed by atoms with E-state index < -0.39 is 22.0 Å². The van der Waals surface area contributed by atoms with Gasteiger partial charge < -0.3 is 4.74 Å². The molecule has 0 saturated carbocycles. The number of benzene rings is 3. The highest BCUT2D eigenvalue weighted by Crippen LogP contribution is 2.32. The van der Waals surface area contributed by atoms with E-state index in [-0.39, 0.29) is 4.90 Å². The molecular formula is C22H21NO4S. The Hall–Kier alpha value is -2.96. The second kappa shape index (κ2) is 8.37. The molecule has 0 aliphatic heterocycles. The molecule has 3 aromatic carbocycles. The second-order valence-corrected chi connectivity index (χ2v) is 8.26. The smallest absolute Gasteiger partial charge is 0.337 e. The molecule has 3 rings (SSSR count). The van der Waals surface area contributed by atoms with Crippen LogP contribution in [0, 0.1) is 0 Å². The quantitative estimate of drug-likeness (QED) is 0.594. The van der Waals surface area contributed by atoms with E-state index in [0.717, 1.165) is 11.1 Å².